The first-order valence-electron chi connectivity index (χ1n) is 9.53. The molecule has 0 aliphatic carbocycles. The Labute approximate surface area is 163 Å². The van der Waals surface area contributed by atoms with Crippen LogP contribution in [0.25, 0.3) is 11.3 Å². The number of amides is 1. The minimum Gasteiger partial charge on any atom is -0.439 e. The number of anilines is 1. The number of oxazole rings is 1. The molecule has 144 valence electrons. The zero-order valence-corrected chi connectivity index (χ0v) is 15.5. The maximum atomic E-state index is 13.1. The highest BCUT2D eigenvalue weighted by molar-refractivity contribution is 5.99. The number of benzene rings is 2. The van der Waals surface area contributed by atoms with E-state index in [-0.39, 0.29) is 11.7 Å². The van der Waals surface area contributed by atoms with E-state index in [1.807, 2.05) is 29.2 Å². The molecule has 2 heterocycles. The van der Waals surface area contributed by atoms with Crippen LogP contribution < -0.4 is 5.32 Å². The van der Waals surface area contributed by atoms with Gasteiger partial charge in [-0.2, -0.15) is 0 Å². The molecule has 1 aromatic heterocycles. The molecular weight excluding hydrogens is 357 g/mol. The lowest BCUT2D eigenvalue weighted by Crippen LogP contribution is -2.35. The average Bonchev–Trinajstić information content (AvgIpc) is 3.22. The van der Waals surface area contributed by atoms with Gasteiger partial charge in [-0.25, -0.2) is 9.37 Å². The summed E-state index contributed by atoms with van der Waals surface area (Å²) in [7, 11) is 0. The predicted molar refractivity (Wildman–Crippen MR) is 105 cm³/mol. The van der Waals surface area contributed by atoms with Gasteiger partial charge >= 0.3 is 0 Å². The minimum atomic E-state index is -0.292. The molecule has 0 radical (unpaired) electrons. The maximum Gasteiger partial charge on any atom is 0.255 e. The van der Waals surface area contributed by atoms with Crippen molar-refractivity contribution in [3.8, 4) is 11.3 Å². The first-order chi connectivity index (χ1) is 13.7. The summed E-state index contributed by atoms with van der Waals surface area (Å²) in [5.41, 5.74) is 2.19. The lowest BCUT2D eigenvalue weighted by atomic mass is 10.1. The molecule has 1 aliphatic rings. The Morgan fingerprint density at radius 1 is 1.07 bits per heavy atom. The third-order valence-corrected chi connectivity index (χ3v) is 4.91. The molecule has 2 aromatic carbocycles. The minimum absolute atomic E-state index is 0.0576. The molecule has 3 aromatic rings. The second-order valence-electron chi connectivity index (χ2n) is 6.88. The van der Waals surface area contributed by atoms with Crippen molar-refractivity contribution in [3.05, 3.63) is 72.0 Å². The highest BCUT2D eigenvalue weighted by Crippen LogP contribution is 2.23. The zero-order chi connectivity index (χ0) is 19.3. The highest BCUT2D eigenvalue weighted by atomic mass is 19.1. The Kier molecular flexibility index (Phi) is 5.37. The van der Waals surface area contributed by atoms with Crippen LogP contribution in [0.3, 0.4) is 0 Å². The van der Waals surface area contributed by atoms with E-state index in [2.05, 4.69) is 10.3 Å². The van der Waals surface area contributed by atoms with Crippen molar-refractivity contribution in [2.24, 2.45) is 0 Å². The number of nitrogens with one attached hydrogen (secondary N) is 1. The average molecular weight is 379 g/mol. The van der Waals surface area contributed by atoms with Crippen molar-refractivity contribution < 1.29 is 13.6 Å². The Balaban J connectivity index is 1.45. The van der Waals surface area contributed by atoms with E-state index in [1.54, 1.807) is 18.3 Å². The smallest absolute Gasteiger partial charge is 0.255 e. The fourth-order valence-corrected chi connectivity index (χ4v) is 3.40. The Morgan fingerprint density at radius 3 is 2.61 bits per heavy atom. The molecule has 1 fully saturated rings. The quantitative estimate of drug-likeness (QED) is 0.697. The van der Waals surface area contributed by atoms with Gasteiger partial charge in [0.2, 0.25) is 5.89 Å². The molecule has 4 rings (SSSR count). The van der Waals surface area contributed by atoms with Gasteiger partial charge < -0.3 is 14.6 Å². The number of likely N-dealkylation sites (tertiary alicyclic amines) is 1. The summed E-state index contributed by atoms with van der Waals surface area (Å²) in [6, 6.07) is 13.6. The molecule has 6 heteroatoms. The first-order valence-corrected chi connectivity index (χ1v) is 9.53. The van der Waals surface area contributed by atoms with E-state index in [0.717, 1.165) is 37.2 Å². The van der Waals surface area contributed by atoms with Crippen LogP contribution in [0.2, 0.25) is 0 Å². The first kappa shape index (κ1) is 18.2. The number of piperidine rings is 1. The van der Waals surface area contributed by atoms with E-state index in [0.29, 0.717) is 23.8 Å². The summed E-state index contributed by atoms with van der Waals surface area (Å²) in [5.74, 6) is 0.844. The molecule has 1 aliphatic heterocycles. The monoisotopic (exact) mass is 379 g/mol. The number of rotatable bonds is 5. The Hall–Kier alpha value is -3.15. The molecule has 1 N–H and O–H groups in total. The van der Waals surface area contributed by atoms with Crippen LogP contribution in [0, 0.1) is 5.82 Å². The number of para-hydroxylation sites is 1. The fourth-order valence-electron chi connectivity index (χ4n) is 3.40. The van der Waals surface area contributed by atoms with Crippen LogP contribution in [0.5, 0.6) is 0 Å². The second kappa shape index (κ2) is 8.25. The molecule has 0 spiro atoms. The van der Waals surface area contributed by atoms with Crippen LogP contribution in [-0.2, 0) is 6.54 Å². The molecule has 0 saturated carbocycles. The number of carbonyl (C=O) groups is 1. The van der Waals surface area contributed by atoms with Gasteiger partial charge in [0.15, 0.2) is 5.76 Å². The lowest BCUT2D eigenvalue weighted by molar-refractivity contribution is 0.0725. The summed E-state index contributed by atoms with van der Waals surface area (Å²) in [5, 5.41) is 3.26. The number of nitrogens with zero attached hydrogens (tertiary/aromatic N) is 2. The summed E-state index contributed by atoms with van der Waals surface area (Å²) in [4.78, 5) is 19.1. The van der Waals surface area contributed by atoms with Gasteiger partial charge in [-0.3, -0.25) is 4.79 Å². The van der Waals surface area contributed by atoms with E-state index in [9.17, 15) is 9.18 Å². The van der Waals surface area contributed by atoms with Crippen molar-refractivity contribution in [2.75, 3.05) is 18.4 Å². The second-order valence-corrected chi connectivity index (χ2v) is 6.88. The molecule has 0 bridgehead atoms. The third-order valence-electron chi connectivity index (χ3n) is 4.91. The van der Waals surface area contributed by atoms with Crippen molar-refractivity contribution in [3.63, 3.8) is 0 Å². The summed E-state index contributed by atoms with van der Waals surface area (Å²) >= 11 is 0. The van der Waals surface area contributed by atoms with E-state index in [1.165, 1.54) is 18.6 Å². The van der Waals surface area contributed by atoms with Gasteiger partial charge in [-0.1, -0.05) is 12.1 Å². The van der Waals surface area contributed by atoms with Gasteiger partial charge in [0, 0.05) is 24.3 Å². The molecule has 0 unspecified atom stereocenters. The van der Waals surface area contributed by atoms with Crippen LogP contribution in [0.15, 0.2) is 59.1 Å². The summed E-state index contributed by atoms with van der Waals surface area (Å²) in [6.45, 7) is 1.98. The molecule has 1 saturated heterocycles. The van der Waals surface area contributed by atoms with Crippen molar-refractivity contribution in [1.82, 2.24) is 9.88 Å². The normalized spacial score (nSPS) is 14.1. The number of hydrogen-bond donors (Lipinski definition) is 1. The summed E-state index contributed by atoms with van der Waals surface area (Å²) in [6.07, 6.45) is 4.92. The molecule has 5 nitrogen and oxygen atoms in total. The van der Waals surface area contributed by atoms with Crippen LogP contribution in [-0.4, -0.2) is 28.9 Å². The Morgan fingerprint density at radius 2 is 1.82 bits per heavy atom. The maximum absolute atomic E-state index is 13.1. The Bertz CT molecular complexity index is 946. The van der Waals surface area contributed by atoms with E-state index < -0.39 is 0 Å². The van der Waals surface area contributed by atoms with Gasteiger partial charge in [0.05, 0.1) is 18.3 Å². The van der Waals surface area contributed by atoms with Crippen LogP contribution in [0.4, 0.5) is 10.1 Å². The van der Waals surface area contributed by atoms with Crippen molar-refractivity contribution in [1.29, 1.82) is 0 Å². The fraction of sp³-hybridized carbons (Fsp3) is 0.273. The SMILES string of the molecule is O=C(c1ccccc1NCc1ncc(-c2ccc(F)cc2)o1)N1CCCCC1. The lowest BCUT2D eigenvalue weighted by Gasteiger charge is -2.27. The number of aromatic nitrogens is 1. The molecule has 28 heavy (non-hydrogen) atoms. The van der Waals surface area contributed by atoms with Gasteiger partial charge in [0.1, 0.15) is 5.82 Å². The molecular formula is C22H22FN3O2. The van der Waals surface area contributed by atoms with Crippen LogP contribution >= 0.6 is 0 Å². The number of carbonyl (C=O) groups excluding carboxylic acids is 1. The van der Waals surface area contributed by atoms with Crippen LogP contribution in [0.1, 0.15) is 35.5 Å². The van der Waals surface area contributed by atoms with E-state index in [4.69, 9.17) is 4.42 Å². The third kappa shape index (κ3) is 4.06. The number of hydrogen-bond acceptors (Lipinski definition) is 4. The van der Waals surface area contributed by atoms with Gasteiger partial charge in [-0.05, 0) is 55.7 Å². The largest absolute Gasteiger partial charge is 0.439 e. The van der Waals surface area contributed by atoms with Gasteiger partial charge in [-0.15, -0.1) is 0 Å². The molecule has 0 atom stereocenters. The topological polar surface area (TPSA) is 58.4 Å². The zero-order valence-electron chi connectivity index (χ0n) is 15.5. The van der Waals surface area contributed by atoms with Gasteiger partial charge in [0.25, 0.3) is 5.91 Å². The standard InChI is InChI=1S/C22H22FN3O2/c23-17-10-8-16(9-11-17)20-14-25-21(28-20)15-24-19-7-3-2-6-18(19)22(27)26-12-4-1-5-13-26/h2-3,6-11,14,24H,1,4-5,12-13,15H2. The van der Waals surface area contributed by atoms with Crippen molar-refractivity contribution >= 4 is 11.6 Å². The molecule has 1 amide bonds. The predicted octanol–water partition coefficient (Wildman–Crippen LogP) is 4.72. The van der Waals surface area contributed by atoms with Crippen molar-refractivity contribution in [2.45, 2.75) is 25.8 Å². The summed E-state index contributed by atoms with van der Waals surface area (Å²) < 4.78 is 18.8. The highest BCUT2D eigenvalue weighted by Gasteiger charge is 2.20. The number of halogens is 1. The van der Waals surface area contributed by atoms with E-state index >= 15 is 0 Å².